The fourth-order valence-electron chi connectivity index (χ4n) is 2.09. The number of anilines is 1. The van der Waals surface area contributed by atoms with Crippen molar-refractivity contribution in [2.24, 2.45) is 17.8 Å². The summed E-state index contributed by atoms with van der Waals surface area (Å²) in [5.74, 6) is 2.22. The molecule has 0 aromatic carbocycles. The number of nitrogens with one attached hydrogen (secondary N) is 1. The maximum absolute atomic E-state index is 10.7. The van der Waals surface area contributed by atoms with E-state index in [4.69, 9.17) is 0 Å². The van der Waals surface area contributed by atoms with Gasteiger partial charge < -0.3 is 5.32 Å². The van der Waals surface area contributed by atoms with Crippen molar-refractivity contribution in [1.82, 2.24) is 4.98 Å². The second-order valence-electron chi connectivity index (χ2n) is 5.19. The number of nitro groups is 1. The molecule has 0 saturated heterocycles. The molecule has 0 unspecified atom stereocenters. The molecule has 1 rings (SSSR count). The van der Waals surface area contributed by atoms with E-state index >= 15 is 0 Å². The lowest BCUT2D eigenvalue weighted by Crippen LogP contribution is -2.24. The van der Waals surface area contributed by atoms with Gasteiger partial charge in [-0.1, -0.05) is 27.7 Å². The van der Waals surface area contributed by atoms with Crippen molar-refractivity contribution in [2.75, 3.05) is 11.9 Å². The Kier molecular flexibility index (Phi) is 5.07. The summed E-state index contributed by atoms with van der Waals surface area (Å²) in [5.41, 5.74) is 0.0677. The van der Waals surface area contributed by atoms with Crippen molar-refractivity contribution in [3.05, 3.63) is 28.4 Å². The molecule has 18 heavy (non-hydrogen) atoms. The first kappa shape index (κ1) is 14.4. The van der Waals surface area contributed by atoms with Crippen molar-refractivity contribution in [1.29, 1.82) is 0 Å². The van der Waals surface area contributed by atoms with Crippen LogP contribution in [0, 0.1) is 27.9 Å². The summed E-state index contributed by atoms with van der Waals surface area (Å²) < 4.78 is 0. The number of pyridine rings is 1. The number of rotatable bonds is 6. The van der Waals surface area contributed by atoms with Gasteiger partial charge in [-0.3, -0.25) is 10.1 Å². The fourth-order valence-corrected chi connectivity index (χ4v) is 2.09. The third-order valence-electron chi connectivity index (χ3n) is 3.19. The molecule has 0 aliphatic heterocycles. The normalized spacial score (nSPS) is 11.3. The Balaban J connectivity index is 2.67. The second kappa shape index (κ2) is 6.33. The van der Waals surface area contributed by atoms with Gasteiger partial charge in [-0.2, -0.15) is 0 Å². The van der Waals surface area contributed by atoms with Gasteiger partial charge in [0.25, 0.3) is 5.69 Å². The van der Waals surface area contributed by atoms with Crippen molar-refractivity contribution in [3.8, 4) is 0 Å². The highest BCUT2D eigenvalue weighted by atomic mass is 16.6. The summed E-state index contributed by atoms with van der Waals surface area (Å²) >= 11 is 0. The van der Waals surface area contributed by atoms with Crippen LogP contribution in [0.3, 0.4) is 0 Å². The van der Waals surface area contributed by atoms with Crippen LogP contribution < -0.4 is 5.32 Å². The Morgan fingerprint density at radius 1 is 1.33 bits per heavy atom. The molecule has 0 aliphatic carbocycles. The van der Waals surface area contributed by atoms with E-state index in [2.05, 4.69) is 38.0 Å². The summed E-state index contributed by atoms with van der Waals surface area (Å²) in [5, 5.41) is 13.8. The molecular weight excluding hydrogens is 230 g/mol. The van der Waals surface area contributed by atoms with Crippen LogP contribution in [0.15, 0.2) is 18.3 Å². The van der Waals surface area contributed by atoms with Crippen LogP contribution in [0.5, 0.6) is 0 Å². The average Bonchev–Trinajstić information content (AvgIpc) is 2.28. The lowest BCUT2D eigenvalue weighted by molar-refractivity contribution is -0.384. The highest BCUT2D eigenvalue weighted by molar-refractivity contribution is 5.44. The van der Waals surface area contributed by atoms with E-state index < -0.39 is 4.92 Å². The molecule has 0 radical (unpaired) electrons. The Morgan fingerprint density at radius 3 is 2.44 bits per heavy atom. The monoisotopic (exact) mass is 251 g/mol. The average molecular weight is 251 g/mol. The SMILES string of the molecule is CC(C)C(CNc1cc([N+](=O)[O-])ccn1)C(C)C. The van der Waals surface area contributed by atoms with Crippen LogP contribution in [-0.4, -0.2) is 16.5 Å². The van der Waals surface area contributed by atoms with E-state index in [0.717, 1.165) is 6.54 Å². The van der Waals surface area contributed by atoms with Crippen LogP contribution in [0.25, 0.3) is 0 Å². The second-order valence-corrected chi connectivity index (χ2v) is 5.19. The first-order valence-corrected chi connectivity index (χ1v) is 6.26. The van der Waals surface area contributed by atoms with E-state index in [1.54, 1.807) is 0 Å². The van der Waals surface area contributed by atoms with Gasteiger partial charge in [0.05, 0.1) is 11.0 Å². The molecule has 5 heteroatoms. The smallest absolute Gasteiger partial charge is 0.274 e. The van der Waals surface area contributed by atoms with E-state index in [1.165, 1.54) is 18.3 Å². The van der Waals surface area contributed by atoms with Crippen molar-refractivity contribution in [3.63, 3.8) is 0 Å². The molecule has 5 nitrogen and oxygen atoms in total. The Bertz CT molecular complexity index is 397. The first-order valence-electron chi connectivity index (χ1n) is 6.26. The predicted octanol–water partition coefficient (Wildman–Crippen LogP) is 3.33. The maximum atomic E-state index is 10.7. The summed E-state index contributed by atoms with van der Waals surface area (Å²) in [6, 6.07) is 2.87. The molecule has 0 fully saturated rings. The molecular formula is C13H21N3O2. The molecule has 0 atom stereocenters. The van der Waals surface area contributed by atoms with Gasteiger partial charge >= 0.3 is 0 Å². The zero-order chi connectivity index (χ0) is 13.7. The molecule has 0 amide bonds. The minimum Gasteiger partial charge on any atom is -0.370 e. The van der Waals surface area contributed by atoms with Gasteiger partial charge in [0.2, 0.25) is 0 Å². The summed E-state index contributed by atoms with van der Waals surface area (Å²) in [6.07, 6.45) is 1.46. The zero-order valence-corrected chi connectivity index (χ0v) is 11.4. The zero-order valence-electron chi connectivity index (χ0n) is 11.4. The van der Waals surface area contributed by atoms with E-state index in [0.29, 0.717) is 23.6 Å². The lowest BCUT2D eigenvalue weighted by Gasteiger charge is -2.25. The van der Waals surface area contributed by atoms with Crippen molar-refractivity contribution < 1.29 is 4.92 Å². The molecule has 0 spiro atoms. The largest absolute Gasteiger partial charge is 0.370 e. The minimum atomic E-state index is -0.408. The van der Waals surface area contributed by atoms with Gasteiger partial charge in [-0.25, -0.2) is 4.98 Å². The van der Waals surface area contributed by atoms with Gasteiger partial charge in [-0.15, -0.1) is 0 Å². The van der Waals surface area contributed by atoms with Crippen molar-refractivity contribution in [2.45, 2.75) is 27.7 Å². The van der Waals surface area contributed by atoms with Crippen LogP contribution in [0.2, 0.25) is 0 Å². The van der Waals surface area contributed by atoms with Crippen molar-refractivity contribution >= 4 is 11.5 Å². The minimum absolute atomic E-state index is 0.0677. The molecule has 1 N–H and O–H groups in total. The molecule has 0 bridgehead atoms. The third kappa shape index (κ3) is 3.98. The molecule has 1 aromatic rings. The highest BCUT2D eigenvalue weighted by Gasteiger charge is 2.17. The molecule has 1 heterocycles. The Morgan fingerprint density at radius 2 is 1.94 bits per heavy atom. The molecule has 0 aliphatic rings. The van der Waals surface area contributed by atoms with Crippen LogP contribution >= 0.6 is 0 Å². The van der Waals surface area contributed by atoms with Crippen LogP contribution in [0.4, 0.5) is 11.5 Å². The maximum Gasteiger partial charge on any atom is 0.274 e. The van der Waals surface area contributed by atoms with E-state index in [9.17, 15) is 10.1 Å². The molecule has 100 valence electrons. The Hall–Kier alpha value is -1.65. The number of hydrogen-bond donors (Lipinski definition) is 1. The standard InChI is InChI=1S/C13H21N3O2/c1-9(2)12(10(3)4)8-15-13-7-11(16(17)18)5-6-14-13/h5-7,9-10,12H,8H2,1-4H3,(H,14,15). The van der Waals surface area contributed by atoms with E-state index in [1.807, 2.05) is 0 Å². The van der Waals surface area contributed by atoms with Crippen LogP contribution in [-0.2, 0) is 0 Å². The number of aromatic nitrogens is 1. The third-order valence-corrected chi connectivity index (χ3v) is 3.19. The summed E-state index contributed by atoms with van der Waals surface area (Å²) in [6.45, 7) is 9.53. The number of hydrogen-bond acceptors (Lipinski definition) is 4. The van der Waals surface area contributed by atoms with Gasteiger partial charge in [0.15, 0.2) is 0 Å². The Labute approximate surface area is 108 Å². The highest BCUT2D eigenvalue weighted by Crippen LogP contribution is 2.21. The first-order chi connectivity index (χ1) is 8.41. The summed E-state index contributed by atoms with van der Waals surface area (Å²) in [4.78, 5) is 14.3. The molecule has 0 saturated carbocycles. The van der Waals surface area contributed by atoms with Gasteiger partial charge in [0, 0.05) is 18.8 Å². The van der Waals surface area contributed by atoms with Gasteiger partial charge in [-0.05, 0) is 17.8 Å². The van der Waals surface area contributed by atoms with Crippen LogP contribution in [0.1, 0.15) is 27.7 Å². The number of nitrogens with zero attached hydrogens (tertiary/aromatic N) is 2. The lowest BCUT2D eigenvalue weighted by atomic mass is 9.85. The molecule has 1 aromatic heterocycles. The quantitative estimate of drug-likeness (QED) is 0.622. The predicted molar refractivity (Wildman–Crippen MR) is 72.5 cm³/mol. The van der Waals surface area contributed by atoms with Gasteiger partial charge in [0.1, 0.15) is 5.82 Å². The summed E-state index contributed by atoms with van der Waals surface area (Å²) in [7, 11) is 0. The fraction of sp³-hybridized carbons (Fsp3) is 0.615. The topological polar surface area (TPSA) is 68.1 Å². The van der Waals surface area contributed by atoms with E-state index in [-0.39, 0.29) is 5.69 Å².